The van der Waals surface area contributed by atoms with Crippen LogP contribution in [0, 0.1) is 5.82 Å². The molecule has 0 spiro atoms. The first-order valence-corrected chi connectivity index (χ1v) is 10.7. The van der Waals surface area contributed by atoms with Crippen molar-refractivity contribution in [2.24, 2.45) is 0 Å². The third-order valence-corrected chi connectivity index (χ3v) is 5.83. The summed E-state index contributed by atoms with van der Waals surface area (Å²) in [5, 5.41) is 12.7. The van der Waals surface area contributed by atoms with Crippen molar-refractivity contribution < 1.29 is 22.3 Å². The van der Waals surface area contributed by atoms with Gasteiger partial charge in [0.15, 0.2) is 11.5 Å². The van der Waals surface area contributed by atoms with Crippen LogP contribution in [0.2, 0.25) is 0 Å². The third kappa shape index (κ3) is 4.47. The van der Waals surface area contributed by atoms with E-state index in [1.807, 2.05) is 24.3 Å². The average Bonchev–Trinajstić information content (AvgIpc) is 3.20. The molecule has 0 bridgehead atoms. The SMILES string of the molecule is COc1ccccc1-c1nnc2ccc(OCCNS(=O)(=O)c3ccc(F)cc3)nn12. The molecule has 4 aromatic rings. The quantitative estimate of drug-likeness (QED) is 0.416. The zero-order valence-corrected chi connectivity index (χ0v) is 17.2. The summed E-state index contributed by atoms with van der Waals surface area (Å²) in [6, 6.07) is 15.2. The Hall–Kier alpha value is -3.57. The van der Waals surface area contributed by atoms with Gasteiger partial charge in [0, 0.05) is 12.6 Å². The van der Waals surface area contributed by atoms with Crippen LogP contribution < -0.4 is 14.2 Å². The van der Waals surface area contributed by atoms with E-state index in [9.17, 15) is 12.8 Å². The van der Waals surface area contributed by atoms with Gasteiger partial charge in [0.1, 0.15) is 18.2 Å². The molecule has 0 saturated heterocycles. The Morgan fingerprint density at radius 1 is 1.03 bits per heavy atom. The Morgan fingerprint density at radius 2 is 1.81 bits per heavy atom. The van der Waals surface area contributed by atoms with Crippen molar-refractivity contribution in [3.63, 3.8) is 0 Å². The molecule has 9 nitrogen and oxygen atoms in total. The standard InChI is InChI=1S/C20H18FN5O4S/c1-29-17-5-3-2-4-16(17)20-24-23-18-10-11-19(25-26(18)20)30-13-12-22-31(27,28)15-8-6-14(21)7-9-15/h2-11,22H,12-13H2,1H3. The molecule has 0 fully saturated rings. The molecule has 11 heteroatoms. The van der Waals surface area contributed by atoms with E-state index < -0.39 is 15.8 Å². The zero-order chi connectivity index (χ0) is 21.8. The van der Waals surface area contributed by atoms with E-state index in [1.165, 1.54) is 16.6 Å². The van der Waals surface area contributed by atoms with Crippen molar-refractivity contribution in [2.45, 2.75) is 4.90 Å². The topological polar surface area (TPSA) is 108 Å². The number of hydrogen-bond acceptors (Lipinski definition) is 7. The van der Waals surface area contributed by atoms with Crippen molar-refractivity contribution in [3.8, 4) is 23.0 Å². The van der Waals surface area contributed by atoms with Crippen LogP contribution in [-0.2, 0) is 10.0 Å². The molecule has 31 heavy (non-hydrogen) atoms. The summed E-state index contributed by atoms with van der Waals surface area (Å²) in [6.07, 6.45) is 0. The van der Waals surface area contributed by atoms with Gasteiger partial charge in [0.05, 0.1) is 17.6 Å². The highest BCUT2D eigenvalue weighted by atomic mass is 32.2. The van der Waals surface area contributed by atoms with Crippen molar-refractivity contribution >= 4 is 15.7 Å². The number of fused-ring (bicyclic) bond motifs is 1. The van der Waals surface area contributed by atoms with Crippen molar-refractivity contribution in [2.75, 3.05) is 20.3 Å². The molecule has 0 unspecified atom stereocenters. The monoisotopic (exact) mass is 443 g/mol. The van der Waals surface area contributed by atoms with Crippen LogP contribution in [0.25, 0.3) is 17.0 Å². The molecule has 4 rings (SSSR count). The summed E-state index contributed by atoms with van der Waals surface area (Å²) in [5.74, 6) is 0.865. The molecule has 0 atom stereocenters. The number of benzene rings is 2. The van der Waals surface area contributed by atoms with E-state index in [1.54, 1.807) is 19.2 Å². The second-order valence-corrected chi connectivity index (χ2v) is 8.13. The minimum atomic E-state index is -3.76. The maximum absolute atomic E-state index is 13.0. The number of aromatic nitrogens is 4. The Bertz CT molecular complexity index is 1310. The van der Waals surface area contributed by atoms with Gasteiger partial charge in [-0.2, -0.15) is 4.52 Å². The number of sulfonamides is 1. The average molecular weight is 443 g/mol. The van der Waals surface area contributed by atoms with Crippen LogP contribution in [0.5, 0.6) is 11.6 Å². The van der Waals surface area contributed by atoms with Crippen LogP contribution in [-0.4, -0.2) is 48.5 Å². The van der Waals surface area contributed by atoms with Gasteiger partial charge in [-0.15, -0.1) is 15.3 Å². The number of rotatable bonds is 8. The van der Waals surface area contributed by atoms with Gasteiger partial charge < -0.3 is 9.47 Å². The maximum Gasteiger partial charge on any atom is 0.240 e. The van der Waals surface area contributed by atoms with E-state index in [0.717, 1.165) is 12.1 Å². The molecule has 160 valence electrons. The fourth-order valence-electron chi connectivity index (χ4n) is 2.88. The van der Waals surface area contributed by atoms with Gasteiger partial charge >= 0.3 is 0 Å². The summed E-state index contributed by atoms with van der Waals surface area (Å²) in [4.78, 5) is -0.0283. The lowest BCUT2D eigenvalue weighted by Gasteiger charge is -2.09. The molecule has 0 saturated carbocycles. The van der Waals surface area contributed by atoms with Crippen molar-refractivity contribution in [3.05, 3.63) is 66.5 Å². The Morgan fingerprint density at radius 3 is 2.58 bits per heavy atom. The Kier molecular flexibility index (Phi) is 5.78. The van der Waals surface area contributed by atoms with E-state index in [2.05, 4.69) is 20.0 Å². The first-order chi connectivity index (χ1) is 15.0. The Balaban J connectivity index is 1.45. The minimum absolute atomic E-state index is 0.000963. The molecule has 1 N–H and O–H groups in total. The third-order valence-electron chi connectivity index (χ3n) is 4.35. The van der Waals surface area contributed by atoms with Gasteiger partial charge in [-0.05, 0) is 42.5 Å². The second kappa shape index (κ2) is 8.66. The lowest BCUT2D eigenvalue weighted by atomic mass is 10.2. The molecule has 0 aliphatic rings. The number of para-hydroxylation sites is 1. The predicted molar refractivity (Wildman–Crippen MR) is 110 cm³/mol. The molecule has 2 aromatic heterocycles. The van der Waals surface area contributed by atoms with Crippen LogP contribution in [0.3, 0.4) is 0 Å². The van der Waals surface area contributed by atoms with Crippen LogP contribution in [0.1, 0.15) is 0 Å². The van der Waals surface area contributed by atoms with E-state index >= 15 is 0 Å². The highest BCUT2D eigenvalue weighted by Gasteiger charge is 2.15. The first kappa shape index (κ1) is 20.7. The largest absolute Gasteiger partial charge is 0.496 e. The normalized spacial score (nSPS) is 11.5. The highest BCUT2D eigenvalue weighted by molar-refractivity contribution is 7.89. The number of nitrogens with zero attached hydrogens (tertiary/aromatic N) is 4. The van der Waals surface area contributed by atoms with Crippen LogP contribution in [0.4, 0.5) is 4.39 Å². The van der Waals surface area contributed by atoms with E-state index in [4.69, 9.17) is 9.47 Å². The molecular formula is C20H18FN5O4S. The number of halogens is 1. The summed E-state index contributed by atoms with van der Waals surface area (Å²) < 4.78 is 52.3. The van der Waals surface area contributed by atoms with Gasteiger partial charge in [-0.3, -0.25) is 0 Å². The highest BCUT2D eigenvalue weighted by Crippen LogP contribution is 2.28. The van der Waals surface area contributed by atoms with Gasteiger partial charge in [0.25, 0.3) is 0 Å². The second-order valence-electron chi connectivity index (χ2n) is 6.37. The first-order valence-electron chi connectivity index (χ1n) is 9.22. The fraction of sp³-hybridized carbons (Fsp3) is 0.150. The number of ether oxygens (including phenoxy) is 2. The van der Waals surface area contributed by atoms with Crippen molar-refractivity contribution in [1.29, 1.82) is 0 Å². The number of nitrogens with one attached hydrogen (secondary N) is 1. The molecule has 0 amide bonds. The zero-order valence-electron chi connectivity index (χ0n) is 16.4. The number of methoxy groups -OCH3 is 1. The van der Waals surface area contributed by atoms with E-state index in [0.29, 0.717) is 22.8 Å². The fourth-order valence-corrected chi connectivity index (χ4v) is 3.89. The van der Waals surface area contributed by atoms with E-state index in [-0.39, 0.29) is 23.9 Å². The minimum Gasteiger partial charge on any atom is -0.496 e. The molecule has 2 aromatic carbocycles. The Labute approximate surface area is 177 Å². The van der Waals surface area contributed by atoms with Gasteiger partial charge in [0.2, 0.25) is 15.9 Å². The smallest absolute Gasteiger partial charge is 0.240 e. The lowest BCUT2D eigenvalue weighted by molar-refractivity contribution is 0.306. The van der Waals surface area contributed by atoms with Crippen LogP contribution in [0.15, 0.2) is 65.6 Å². The summed E-state index contributed by atoms with van der Waals surface area (Å²) in [6.45, 7) is 0.0337. The molecule has 2 heterocycles. The lowest BCUT2D eigenvalue weighted by Crippen LogP contribution is -2.28. The summed E-state index contributed by atoms with van der Waals surface area (Å²) >= 11 is 0. The summed E-state index contributed by atoms with van der Waals surface area (Å²) in [7, 11) is -2.20. The van der Waals surface area contributed by atoms with Gasteiger partial charge in [-0.1, -0.05) is 12.1 Å². The van der Waals surface area contributed by atoms with Crippen molar-refractivity contribution in [1.82, 2.24) is 24.5 Å². The van der Waals surface area contributed by atoms with Gasteiger partial charge in [-0.25, -0.2) is 17.5 Å². The summed E-state index contributed by atoms with van der Waals surface area (Å²) in [5.41, 5.74) is 1.24. The molecule has 0 radical (unpaired) electrons. The number of hydrogen-bond donors (Lipinski definition) is 1. The maximum atomic E-state index is 13.0. The predicted octanol–water partition coefficient (Wildman–Crippen LogP) is 2.30. The molecule has 0 aliphatic carbocycles. The van der Waals surface area contributed by atoms with Crippen LogP contribution >= 0.6 is 0 Å². The molecular weight excluding hydrogens is 425 g/mol. The molecule has 0 aliphatic heterocycles.